The Bertz CT molecular complexity index is 1390. The number of rotatable bonds is 6. The number of amides is 1. The highest BCUT2D eigenvalue weighted by Gasteiger charge is 2.47. The minimum Gasteiger partial charge on any atom is -0.507 e. The first-order valence-corrected chi connectivity index (χ1v) is 11.1. The maximum absolute atomic E-state index is 13.4. The minimum absolute atomic E-state index is 0.0870. The van der Waals surface area contributed by atoms with Gasteiger partial charge in [0.25, 0.3) is 11.7 Å². The predicted octanol–water partition coefficient (Wildman–Crippen LogP) is 4.56. The maximum Gasteiger partial charge on any atom is 0.308 e. The van der Waals surface area contributed by atoms with Crippen molar-refractivity contribution in [3.63, 3.8) is 0 Å². The first kappa shape index (κ1) is 24.5. The van der Waals surface area contributed by atoms with Crippen molar-refractivity contribution in [3.05, 3.63) is 89.0 Å². The average Bonchev–Trinajstić information content (AvgIpc) is 3.13. The number of carbonyl (C=O) groups is 3. The molecule has 1 N–H and O–H groups in total. The molecule has 1 heterocycles. The van der Waals surface area contributed by atoms with E-state index in [9.17, 15) is 19.5 Å². The second kappa shape index (κ2) is 9.95. The average molecular weight is 488 g/mol. The van der Waals surface area contributed by atoms with E-state index in [1.807, 2.05) is 0 Å². The molecule has 1 fully saturated rings. The van der Waals surface area contributed by atoms with Crippen LogP contribution in [0, 0.1) is 6.92 Å². The van der Waals surface area contributed by atoms with Gasteiger partial charge in [-0.1, -0.05) is 18.2 Å². The van der Waals surface area contributed by atoms with Crippen molar-refractivity contribution in [3.8, 4) is 17.2 Å². The van der Waals surface area contributed by atoms with Crippen LogP contribution in [-0.4, -0.2) is 37.0 Å². The smallest absolute Gasteiger partial charge is 0.308 e. The zero-order valence-electron chi connectivity index (χ0n) is 20.3. The van der Waals surface area contributed by atoms with Gasteiger partial charge in [0.2, 0.25) is 0 Å². The molecule has 0 aromatic heterocycles. The first-order valence-electron chi connectivity index (χ1n) is 11.1. The number of ketones is 1. The Hall–Kier alpha value is -4.59. The van der Waals surface area contributed by atoms with Gasteiger partial charge >= 0.3 is 5.97 Å². The number of ether oxygens (including phenoxy) is 3. The summed E-state index contributed by atoms with van der Waals surface area (Å²) >= 11 is 0. The summed E-state index contributed by atoms with van der Waals surface area (Å²) < 4.78 is 15.8. The zero-order valence-corrected chi connectivity index (χ0v) is 20.3. The number of aliphatic hydroxyl groups is 1. The van der Waals surface area contributed by atoms with E-state index >= 15 is 0 Å². The lowest BCUT2D eigenvalue weighted by Gasteiger charge is -2.26. The Morgan fingerprint density at radius 1 is 0.889 bits per heavy atom. The van der Waals surface area contributed by atoms with E-state index in [0.29, 0.717) is 33.9 Å². The molecule has 1 atom stereocenters. The standard InChI is InChI=1S/C28H25NO7/c1-16-13-21(35-4)11-12-23(16)26(31)24-25(18-7-5-10-22(14-18)36-17(2)30)29(28(33)27(24)32)19-8-6-9-20(15-19)34-3/h5-15,25,31H,1-4H3/b26-24+. The predicted molar refractivity (Wildman–Crippen MR) is 133 cm³/mol. The monoisotopic (exact) mass is 487 g/mol. The van der Waals surface area contributed by atoms with E-state index in [2.05, 4.69) is 0 Å². The molecule has 1 amide bonds. The highest BCUT2D eigenvalue weighted by Crippen LogP contribution is 2.44. The number of nitrogens with zero attached hydrogens (tertiary/aromatic N) is 1. The Morgan fingerprint density at radius 2 is 1.56 bits per heavy atom. The fourth-order valence-electron chi connectivity index (χ4n) is 4.26. The molecular weight excluding hydrogens is 462 g/mol. The van der Waals surface area contributed by atoms with Crippen LogP contribution in [0.4, 0.5) is 5.69 Å². The van der Waals surface area contributed by atoms with Crippen LogP contribution in [0.5, 0.6) is 17.2 Å². The van der Waals surface area contributed by atoms with E-state index in [4.69, 9.17) is 14.2 Å². The van der Waals surface area contributed by atoms with Crippen LogP contribution in [0.3, 0.4) is 0 Å². The number of hydrogen-bond acceptors (Lipinski definition) is 7. The molecule has 3 aromatic carbocycles. The molecule has 1 aliphatic rings. The molecule has 3 aromatic rings. The largest absolute Gasteiger partial charge is 0.507 e. The molecule has 8 heteroatoms. The van der Waals surface area contributed by atoms with Crippen LogP contribution >= 0.6 is 0 Å². The SMILES string of the molecule is COc1cccc(N2C(=O)C(=O)/C(=C(/O)c3ccc(OC)cc3C)C2c2cccc(OC(C)=O)c2)c1. The Morgan fingerprint density at radius 3 is 2.22 bits per heavy atom. The lowest BCUT2D eigenvalue weighted by molar-refractivity contribution is -0.132. The van der Waals surface area contributed by atoms with Gasteiger partial charge in [-0.25, -0.2) is 0 Å². The van der Waals surface area contributed by atoms with E-state index in [1.165, 1.54) is 26.0 Å². The molecule has 0 aliphatic carbocycles. The lowest BCUT2D eigenvalue weighted by atomic mass is 9.93. The molecule has 1 saturated heterocycles. The van der Waals surface area contributed by atoms with Gasteiger partial charge in [0.1, 0.15) is 23.0 Å². The Labute approximate surface area is 208 Å². The molecule has 184 valence electrons. The third kappa shape index (κ3) is 4.53. The van der Waals surface area contributed by atoms with Gasteiger partial charge in [-0.05, 0) is 60.5 Å². The van der Waals surface area contributed by atoms with E-state index < -0.39 is 23.7 Å². The van der Waals surface area contributed by atoms with Gasteiger partial charge in [0.05, 0.1) is 25.8 Å². The lowest BCUT2D eigenvalue weighted by Crippen LogP contribution is -2.29. The second-order valence-electron chi connectivity index (χ2n) is 8.22. The van der Waals surface area contributed by atoms with Crippen LogP contribution in [0.25, 0.3) is 5.76 Å². The molecule has 0 radical (unpaired) electrons. The normalized spacial score (nSPS) is 16.7. The number of aliphatic hydroxyl groups excluding tert-OH is 1. The molecule has 4 rings (SSSR count). The Kier molecular flexibility index (Phi) is 6.78. The van der Waals surface area contributed by atoms with Crippen LogP contribution in [0.15, 0.2) is 72.3 Å². The van der Waals surface area contributed by atoms with Gasteiger partial charge < -0.3 is 19.3 Å². The van der Waals surface area contributed by atoms with Crippen molar-refractivity contribution in [1.82, 2.24) is 0 Å². The molecule has 36 heavy (non-hydrogen) atoms. The molecule has 0 saturated carbocycles. The van der Waals surface area contributed by atoms with E-state index in [-0.39, 0.29) is 17.1 Å². The quantitative estimate of drug-likeness (QED) is 0.179. The van der Waals surface area contributed by atoms with Gasteiger partial charge in [0.15, 0.2) is 0 Å². The number of methoxy groups -OCH3 is 2. The summed E-state index contributed by atoms with van der Waals surface area (Å²) in [4.78, 5) is 39.6. The summed E-state index contributed by atoms with van der Waals surface area (Å²) in [5.74, 6) is -1.15. The summed E-state index contributed by atoms with van der Waals surface area (Å²) in [6, 6.07) is 17.3. The van der Waals surface area contributed by atoms with Crippen molar-refractivity contribution in [2.75, 3.05) is 19.1 Å². The summed E-state index contributed by atoms with van der Waals surface area (Å²) in [5, 5.41) is 11.4. The van der Waals surface area contributed by atoms with Crippen molar-refractivity contribution in [1.29, 1.82) is 0 Å². The fourth-order valence-corrected chi connectivity index (χ4v) is 4.26. The van der Waals surface area contributed by atoms with Crippen molar-refractivity contribution < 1.29 is 33.7 Å². The van der Waals surface area contributed by atoms with E-state index in [0.717, 1.165) is 0 Å². The number of anilines is 1. The summed E-state index contributed by atoms with van der Waals surface area (Å²) in [5.41, 5.74) is 1.84. The molecular formula is C28H25NO7. The highest BCUT2D eigenvalue weighted by atomic mass is 16.5. The van der Waals surface area contributed by atoms with Crippen molar-refractivity contribution in [2.24, 2.45) is 0 Å². The number of benzene rings is 3. The van der Waals surface area contributed by atoms with Gasteiger partial charge in [0, 0.05) is 24.2 Å². The third-order valence-corrected chi connectivity index (χ3v) is 5.90. The van der Waals surface area contributed by atoms with Crippen LogP contribution < -0.4 is 19.1 Å². The number of hydrogen-bond donors (Lipinski definition) is 1. The summed E-state index contributed by atoms with van der Waals surface area (Å²) in [6.45, 7) is 3.05. The van der Waals surface area contributed by atoms with Crippen LogP contribution in [-0.2, 0) is 14.4 Å². The van der Waals surface area contributed by atoms with Crippen LogP contribution in [0.2, 0.25) is 0 Å². The van der Waals surface area contributed by atoms with Gasteiger partial charge in [-0.15, -0.1) is 0 Å². The first-order chi connectivity index (χ1) is 17.2. The number of aryl methyl sites for hydroxylation is 1. The topological polar surface area (TPSA) is 102 Å². The van der Waals surface area contributed by atoms with E-state index in [1.54, 1.807) is 73.7 Å². The molecule has 1 aliphatic heterocycles. The molecule has 8 nitrogen and oxygen atoms in total. The van der Waals surface area contributed by atoms with Gasteiger partial charge in [-0.3, -0.25) is 19.3 Å². The third-order valence-electron chi connectivity index (χ3n) is 5.90. The summed E-state index contributed by atoms with van der Waals surface area (Å²) in [6.07, 6.45) is 0. The Balaban J connectivity index is 1.96. The maximum atomic E-state index is 13.4. The van der Waals surface area contributed by atoms with Crippen LogP contribution in [0.1, 0.15) is 29.7 Å². The number of esters is 1. The minimum atomic E-state index is -0.992. The van der Waals surface area contributed by atoms with Crippen molar-refractivity contribution >= 4 is 29.1 Å². The molecule has 0 spiro atoms. The zero-order chi connectivity index (χ0) is 26.0. The van der Waals surface area contributed by atoms with Crippen molar-refractivity contribution in [2.45, 2.75) is 19.9 Å². The highest BCUT2D eigenvalue weighted by molar-refractivity contribution is 6.51. The molecule has 0 bridgehead atoms. The van der Waals surface area contributed by atoms with Gasteiger partial charge in [-0.2, -0.15) is 0 Å². The number of Topliss-reactive ketones (excluding diaryl/α,β-unsaturated/α-hetero) is 1. The summed E-state index contributed by atoms with van der Waals surface area (Å²) in [7, 11) is 3.03. The molecule has 1 unspecified atom stereocenters. The number of carbonyl (C=O) groups excluding carboxylic acids is 3. The fraction of sp³-hybridized carbons (Fsp3) is 0.179. The second-order valence-corrected chi connectivity index (χ2v) is 8.22.